The fourth-order valence-corrected chi connectivity index (χ4v) is 5.23. The minimum Gasteiger partial charge on any atom is -0.488 e. The summed E-state index contributed by atoms with van der Waals surface area (Å²) < 4.78 is 44.0. The first-order valence-corrected chi connectivity index (χ1v) is 12.7. The number of carbonyl (C=O) groups excluding carboxylic acids is 1. The van der Waals surface area contributed by atoms with E-state index in [2.05, 4.69) is 4.98 Å². The number of benzene rings is 1. The molecule has 0 N–H and O–H groups in total. The lowest BCUT2D eigenvalue weighted by atomic mass is 10.0. The van der Waals surface area contributed by atoms with Crippen LogP contribution in [-0.2, 0) is 19.4 Å². The van der Waals surface area contributed by atoms with Gasteiger partial charge in [-0.25, -0.2) is 8.42 Å². The van der Waals surface area contributed by atoms with E-state index in [1.807, 2.05) is 26.0 Å². The second kappa shape index (κ2) is 10.9. The summed E-state index contributed by atoms with van der Waals surface area (Å²) in [5.74, 6) is 0.263. The summed E-state index contributed by atoms with van der Waals surface area (Å²) in [5, 5.41) is 0. The first kappa shape index (κ1) is 24.2. The Balaban J connectivity index is 2.02. The maximum absolute atomic E-state index is 13.1. The molecule has 1 aliphatic rings. The van der Waals surface area contributed by atoms with E-state index < -0.39 is 9.84 Å². The molecule has 174 valence electrons. The Morgan fingerprint density at radius 2 is 1.88 bits per heavy atom. The van der Waals surface area contributed by atoms with Gasteiger partial charge < -0.3 is 14.2 Å². The van der Waals surface area contributed by atoms with Crippen LogP contribution in [0, 0.1) is 0 Å². The molecule has 1 aromatic heterocycles. The van der Waals surface area contributed by atoms with Gasteiger partial charge >= 0.3 is 0 Å². The molecule has 8 heteroatoms. The zero-order valence-corrected chi connectivity index (χ0v) is 19.7. The first-order chi connectivity index (χ1) is 15.4. The summed E-state index contributed by atoms with van der Waals surface area (Å²) in [4.78, 5) is 15.8. The monoisotopic (exact) mass is 461 g/mol. The highest BCUT2D eigenvalue weighted by molar-refractivity contribution is 7.91. The molecule has 1 fully saturated rings. The van der Waals surface area contributed by atoms with Gasteiger partial charge in [0.25, 0.3) is 0 Å². The number of hydrogen-bond donors (Lipinski definition) is 0. The van der Waals surface area contributed by atoms with E-state index in [9.17, 15) is 13.2 Å². The van der Waals surface area contributed by atoms with Gasteiger partial charge in [0.05, 0.1) is 24.6 Å². The third kappa shape index (κ3) is 5.86. The molecule has 0 aliphatic carbocycles. The molecule has 0 radical (unpaired) electrons. The number of ketones is 1. The third-order valence-corrected chi connectivity index (χ3v) is 7.10. The van der Waals surface area contributed by atoms with E-state index in [1.54, 1.807) is 24.5 Å². The average molecular weight is 462 g/mol. The van der Waals surface area contributed by atoms with Crippen molar-refractivity contribution in [2.45, 2.75) is 63.6 Å². The first-order valence-electron chi connectivity index (χ1n) is 11.1. The van der Waals surface area contributed by atoms with Crippen molar-refractivity contribution < 1.29 is 27.4 Å². The number of sulfone groups is 1. The van der Waals surface area contributed by atoms with Gasteiger partial charge in [0.2, 0.25) is 0 Å². The lowest BCUT2D eigenvalue weighted by Gasteiger charge is -2.20. The Labute approximate surface area is 190 Å². The SMILES string of the molecule is CCCOc1c(OCC(C)=O)cc([C@@H]2CC[C@@H](c3cccnc3)O2)cc1S(=O)(=O)CCC. The van der Waals surface area contributed by atoms with Crippen LogP contribution in [-0.4, -0.2) is 38.2 Å². The van der Waals surface area contributed by atoms with Gasteiger partial charge in [0.1, 0.15) is 11.5 Å². The summed E-state index contributed by atoms with van der Waals surface area (Å²) in [6, 6.07) is 7.23. The minimum atomic E-state index is -3.61. The van der Waals surface area contributed by atoms with E-state index >= 15 is 0 Å². The van der Waals surface area contributed by atoms with Crippen LogP contribution in [0.5, 0.6) is 11.5 Å². The van der Waals surface area contributed by atoms with Gasteiger partial charge in [-0.05, 0) is 61.9 Å². The smallest absolute Gasteiger partial charge is 0.182 e. The van der Waals surface area contributed by atoms with E-state index in [-0.39, 0.29) is 46.7 Å². The Morgan fingerprint density at radius 1 is 1.12 bits per heavy atom. The van der Waals surface area contributed by atoms with Crippen molar-refractivity contribution in [3.63, 3.8) is 0 Å². The Kier molecular flexibility index (Phi) is 8.26. The van der Waals surface area contributed by atoms with E-state index in [0.717, 1.165) is 18.4 Å². The van der Waals surface area contributed by atoms with Crippen molar-refractivity contribution >= 4 is 15.6 Å². The van der Waals surface area contributed by atoms with Crippen molar-refractivity contribution in [2.24, 2.45) is 0 Å². The lowest BCUT2D eigenvalue weighted by molar-refractivity contribution is -0.118. The van der Waals surface area contributed by atoms with Crippen LogP contribution < -0.4 is 9.47 Å². The summed E-state index contributed by atoms with van der Waals surface area (Å²) in [7, 11) is -3.61. The van der Waals surface area contributed by atoms with E-state index in [4.69, 9.17) is 14.2 Å². The molecule has 1 saturated heterocycles. The molecule has 0 bridgehead atoms. The molecule has 2 heterocycles. The Hall–Kier alpha value is -2.45. The number of ether oxygens (including phenoxy) is 3. The number of pyridine rings is 1. The highest BCUT2D eigenvalue weighted by atomic mass is 32.2. The molecule has 32 heavy (non-hydrogen) atoms. The molecular formula is C24H31NO6S. The fraction of sp³-hybridized carbons (Fsp3) is 0.500. The topological polar surface area (TPSA) is 91.8 Å². The number of hydrogen-bond acceptors (Lipinski definition) is 7. The molecule has 2 aromatic rings. The van der Waals surface area contributed by atoms with Gasteiger partial charge in [-0.2, -0.15) is 0 Å². The Bertz CT molecular complexity index is 1020. The average Bonchev–Trinajstić information content (AvgIpc) is 3.27. The van der Waals surface area contributed by atoms with E-state index in [1.165, 1.54) is 6.92 Å². The van der Waals surface area contributed by atoms with Gasteiger partial charge in [0, 0.05) is 12.4 Å². The van der Waals surface area contributed by atoms with Crippen LogP contribution in [0.2, 0.25) is 0 Å². The van der Waals surface area contributed by atoms with Crippen molar-refractivity contribution in [3.8, 4) is 11.5 Å². The standard InChI is InChI=1S/C24H31NO6S/c1-4-11-29-24-22(30-16-17(3)26)13-19(14-23(24)32(27,28)12-5-2)21-9-8-20(31-21)18-7-6-10-25-15-18/h6-7,10,13-15,20-21H,4-5,8-9,11-12,16H2,1-3H3/t20-,21-/m0/s1. The van der Waals surface area contributed by atoms with Crippen LogP contribution in [0.4, 0.5) is 0 Å². The van der Waals surface area contributed by atoms with Crippen molar-refractivity contribution in [2.75, 3.05) is 19.0 Å². The zero-order chi connectivity index (χ0) is 23.1. The molecule has 2 atom stereocenters. The van der Waals surface area contributed by atoms with Crippen LogP contribution in [0.15, 0.2) is 41.6 Å². The molecule has 3 rings (SSSR count). The molecule has 7 nitrogen and oxygen atoms in total. The summed E-state index contributed by atoms with van der Waals surface area (Å²) in [6.45, 7) is 5.36. The van der Waals surface area contributed by atoms with Crippen molar-refractivity contribution in [3.05, 3.63) is 47.8 Å². The molecule has 0 saturated carbocycles. The number of Topliss-reactive ketones (excluding diaryl/α,β-unsaturated/α-hetero) is 1. The van der Waals surface area contributed by atoms with Crippen molar-refractivity contribution in [1.29, 1.82) is 0 Å². The third-order valence-electron chi connectivity index (χ3n) is 5.18. The Morgan fingerprint density at radius 3 is 2.50 bits per heavy atom. The van der Waals surface area contributed by atoms with E-state index in [0.29, 0.717) is 25.0 Å². The second-order valence-corrected chi connectivity index (χ2v) is 10.1. The predicted octanol–water partition coefficient (Wildman–Crippen LogP) is 4.61. The van der Waals surface area contributed by atoms with Gasteiger partial charge in [-0.15, -0.1) is 0 Å². The molecular weight excluding hydrogens is 430 g/mol. The molecule has 0 unspecified atom stereocenters. The maximum Gasteiger partial charge on any atom is 0.182 e. The number of carbonyl (C=O) groups is 1. The second-order valence-electron chi connectivity index (χ2n) is 7.98. The summed E-state index contributed by atoms with van der Waals surface area (Å²) >= 11 is 0. The van der Waals surface area contributed by atoms with Crippen LogP contribution in [0.1, 0.15) is 69.8 Å². The summed E-state index contributed by atoms with van der Waals surface area (Å²) in [6.07, 6.45) is 5.81. The summed E-state index contributed by atoms with van der Waals surface area (Å²) in [5.41, 5.74) is 1.69. The lowest BCUT2D eigenvalue weighted by Crippen LogP contribution is -2.14. The largest absolute Gasteiger partial charge is 0.488 e. The molecule has 1 aliphatic heterocycles. The number of aromatic nitrogens is 1. The molecule has 0 spiro atoms. The van der Waals surface area contributed by atoms with Gasteiger partial charge in [-0.3, -0.25) is 9.78 Å². The molecule has 1 aromatic carbocycles. The quantitative estimate of drug-likeness (QED) is 0.482. The normalized spacial score (nSPS) is 18.5. The fourth-order valence-electron chi connectivity index (χ4n) is 3.72. The number of nitrogens with zero attached hydrogens (tertiary/aromatic N) is 1. The highest BCUT2D eigenvalue weighted by Gasteiger charge is 2.31. The molecule has 0 amide bonds. The predicted molar refractivity (Wildman–Crippen MR) is 121 cm³/mol. The van der Waals surface area contributed by atoms with Gasteiger partial charge in [0.15, 0.2) is 27.1 Å². The van der Waals surface area contributed by atoms with Crippen LogP contribution in [0.3, 0.4) is 0 Å². The van der Waals surface area contributed by atoms with Crippen molar-refractivity contribution in [1.82, 2.24) is 4.98 Å². The van der Waals surface area contributed by atoms with Crippen LogP contribution in [0.25, 0.3) is 0 Å². The van der Waals surface area contributed by atoms with Gasteiger partial charge in [-0.1, -0.05) is 19.9 Å². The minimum absolute atomic E-state index is 0.00504. The zero-order valence-electron chi connectivity index (χ0n) is 18.9. The maximum atomic E-state index is 13.1. The highest BCUT2D eigenvalue weighted by Crippen LogP contribution is 2.45. The number of rotatable bonds is 11. The van der Waals surface area contributed by atoms with Crippen LogP contribution >= 0.6 is 0 Å².